The molecule has 0 aromatic heterocycles. The number of rotatable bonds is 5. The van der Waals surface area contributed by atoms with Crippen LogP contribution in [0.25, 0.3) is 11.1 Å². The van der Waals surface area contributed by atoms with Crippen molar-refractivity contribution in [2.45, 2.75) is 93.5 Å². The summed E-state index contributed by atoms with van der Waals surface area (Å²) in [5.74, 6) is 0.170. The molecule has 1 aliphatic heterocycles. The second-order valence-electron chi connectivity index (χ2n) is 11.9. The first-order chi connectivity index (χ1) is 17.4. The predicted molar refractivity (Wildman–Crippen MR) is 152 cm³/mol. The summed E-state index contributed by atoms with van der Waals surface area (Å²) in [5, 5.41) is 0. The lowest BCUT2D eigenvalue weighted by Gasteiger charge is -2.32. The highest BCUT2D eigenvalue weighted by Crippen LogP contribution is 2.40. The van der Waals surface area contributed by atoms with Gasteiger partial charge in [0.05, 0.1) is 16.8 Å². The van der Waals surface area contributed by atoms with Crippen LogP contribution in [0.15, 0.2) is 36.4 Å². The zero-order valence-corrected chi connectivity index (χ0v) is 24.5. The van der Waals surface area contributed by atoms with E-state index in [4.69, 9.17) is 14.0 Å². The summed E-state index contributed by atoms with van der Waals surface area (Å²) < 4.78 is 48.8. The van der Waals surface area contributed by atoms with Gasteiger partial charge in [0.15, 0.2) is 0 Å². The molecule has 6 heteroatoms. The molecule has 3 nitrogen and oxygen atoms in total. The van der Waals surface area contributed by atoms with E-state index < -0.39 is 24.4 Å². The van der Waals surface area contributed by atoms with Crippen LogP contribution in [0.4, 0.5) is 8.78 Å². The molecule has 0 saturated carbocycles. The Labute approximate surface area is 226 Å². The highest BCUT2D eigenvalue weighted by Gasteiger charge is 2.51. The van der Waals surface area contributed by atoms with Crippen LogP contribution in [0.2, 0.25) is 0 Å². The molecule has 1 aliphatic rings. The molecule has 0 aliphatic carbocycles. The topological polar surface area (TPSA) is 27.7 Å². The molecule has 1 saturated heterocycles. The Morgan fingerprint density at radius 2 is 1.11 bits per heavy atom. The minimum atomic E-state index is -3.47. The van der Waals surface area contributed by atoms with Crippen LogP contribution >= 0.6 is 0 Å². The Hall–Kier alpha value is -2.70. The van der Waals surface area contributed by atoms with E-state index in [9.17, 15) is 0 Å². The zero-order chi connectivity index (χ0) is 28.4. The normalized spacial score (nSPS) is 16.7. The SMILES string of the molecule is Cc1cc(OC(F)(F)c2c(C)cc(-c3c(C)cc(B4OC(C)(C)C(C)(C)O4)cc3C)cc2C)cc(C)c1C. The summed E-state index contributed by atoms with van der Waals surface area (Å²) >= 11 is 0. The van der Waals surface area contributed by atoms with Gasteiger partial charge in [-0.05, 0) is 144 Å². The highest BCUT2D eigenvalue weighted by atomic mass is 19.3. The van der Waals surface area contributed by atoms with Gasteiger partial charge in [0.2, 0.25) is 0 Å². The van der Waals surface area contributed by atoms with Gasteiger partial charge in [-0.1, -0.05) is 24.3 Å². The molecule has 0 radical (unpaired) electrons. The molecule has 0 N–H and O–H groups in total. The largest absolute Gasteiger partial charge is 0.494 e. The van der Waals surface area contributed by atoms with Crippen molar-refractivity contribution in [3.63, 3.8) is 0 Å². The number of aryl methyl sites for hydroxylation is 6. The smallest absolute Gasteiger partial charge is 0.429 e. The molecular formula is C32H39BF2O3. The van der Waals surface area contributed by atoms with Gasteiger partial charge < -0.3 is 14.0 Å². The average molecular weight is 520 g/mol. The van der Waals surface area contributed by atoms with Crippen molar-refractivity contribution in [1.29, 1.82) is 0 Å². The van der Waals surface area contributed by atoms with Crippen molar-refractivity contribution in [3.05, 3.63) is 80.9 Å². The number of benzene rings is 3. The number of halogens is 2. The zero-order valence-electron chi connectivity index (χ0n) is 24.5. The number of hydrogen-bond acceptors (Lipinski definition) is 3. The van der Waals surface area contributed by atoms with Crippen LogP contribution in [0.3, 0.4) is 0 Å². The van der Waals surface area contributed by atoms with Gasteiger partial charge in [0.25, 0.3) is 0 Å². The van der Waals surface area contributed by atoms with Crippen molar-refractivity contribution >= 4 is 12.6 Å². The molecule has 0 bridgehead atoms. The van der Waals surface area contributed by atoms with Crippen molar-refractivity contribution in [3.8, 4) is 16.9 Å². The van der Waals surface area contributed by atoms with Crippen molar-refractivity contribution in [2.75, 3.05) is 0 Å². The molecular weight excluding hydrogens is 481 g/mol. The van der Waals surface area contributed by atoms with Crippen molar-refractivity contribution in [2.24, 2.45) is 0 Å². The third-order valence-electron chi connectivity index (χ3n) is 8.34. The van der Waals surface area contributed by atoms with E-state index in [1.54, 1.807) is 26.0 Å². The fourth-order valence-corrected chi connectivity index (χ4v) is 5.39. The van der Waals surface area contributed by atoms with Crippen LogP contribution in [0.1, 0.15) is 72.2 Å². The van der Waals surface area contributed by atoms with Crippen LogP contribution < -0.4 is 10.2 Å². The van der Waals surface area contributed by atoms with Gasteiger partial charge in [-0.15, -0.1) is 0 Å². The van der Waals surface area contributed by atoms with E-state index in [1.807, 2.05) is 74.4 Å². The maximum absolute atomic E-state index is 15.5. The molecule has 3 aromatic rings. The first-order valence-corrected chi connectivity index (χ1v) is 13.2. The summed E-state index contributed by atoms with van der Waals surface area (Å²) in [6, 6.07) is 11.1. The fraction of sp³-hybridized carbons (Fsp3) is 0.438. The van der Waals surface area contributed by atoms with E-state index in [2.05, 4.69) is 12.1 Å². The monoisotopic (exact) mass is 520 g/mol. The standard InChI is InChI=1S/C32H39BF2O3/c1-18-16-27(17-19(2)24(18)7)36-32(34,35)29-22(5)12-25(13-23(29)6)28-20(3)14-26(15-21(28)4)33-37-30(8,9)31(10,11)38-33/h12-17H,1-11H3. The fourth-order valence-electron chi connectivity index (χ4n) is 5.39. The van der Waals surface area contributed by atoms with E-state index in [-0.39, 0.29) is 11.3 Å². The maximum Gasteiger partial charge on any atom is 0.494 e. The first kappa shape index (κ1) is 28.3. The molecule has 0 atom stereocenters. The minimum absolute atomic E-state index is 0.0960. The second kappa shape index (κ2) is 9.50. The quantitative estimate of drug-likeness (QED) is 0.320. The summed E-state index contributed by atoms with van der Waals surface area (Å²) in [5.41, 5.74) is 7.91. The molecule has 0 spiro atoms. The maximum atomic E-state index is 15.5. The highest BCUT2D eigenvalue weighted by molar-refractivity contribution is 6.62. The van der Waals surface area contributed by atoms with Crippen molar-refractivity contribution in [1.82, 2.24) is 0 Å². The lowest BCUT2D eigenvalue weighted by Crippen LogP contribution is -2.41. The van der Waals surface area contributed by atoms with E-state index in [0.29, 0.717) is 11.1 Å². The van der Waals surface area contributed by atoms with Crippen LogP contribution in [-0.2, 0) is 15.4 Å². The van der Waals surface area contributed by atoms with Gasteiger partial charge in [-0.2, -0.15) is 8.78 Å². The Balaban J connectivity index is 1.68. The Kier molecular flexibility index (Phi) is 7.08. The number of ether oxygens (including phenoxy) is 1. The van der Waals surface area contributed by atoms with E-state index in [0.717, 1.165) is 44.4 Å². The van der Waals surface area contributed by atoms with Gasteiger partial charge in [0, 0.05) is 0 Å². The van der Waals surface area contributed by atoms with Gasteiger partial charge in [-0.3, -0.25) is 0 Å². The Bertz CT molecular complexity index is 1320. The Morgan fingerprint density at radius 1 is 0.658 bits per heavy atom. The molecule has 1 fully saturated rings. The molecule has 1 heterocycles. The predicted octanol–water partition coefficient (Wildman–Crippen LogP) is 7.94. The van der Waals surface area contributed by atoms with Crippen LogP contribution in [-0.4, -0.2) is 18.3 Å². The van der Waals surface area contributed by atoms with E-state index in [1.165, 1.54) is 0 Å². The summed E-state index contributed by atoms with van der Waals surface area (Å²) in [4.78, 5) is 0. The van der Waals surface area contributed by atoms with Gasteiger partial charge >= 0.3 is 13.2 Å². The third-order valence-corrected chi connectivity index (χ3v) is 8.34. The van der Waals surface area contributed by atoms with E-state index >= 15 is 8.78 Å². The van der Waals surface area contributed by atoms with Crippen LogP contribution in [0.5, 0.6) is 5.75 Å². The number of alkyl halides is 2. The molecule has 0 unspecified atom stereocenters. The Morgan fingerprint density at radius 3 is 1.55 bits per heavy atom. The number of hydrogen-bond donors (Lipinski definition) is 0. The lowest BCUT2D eigenvalue weighted by atomic mass is 9.76. The molecule has 38 heavy (non-hydrogen) atoms. The lowest BCUT2D eigenvalue weighted by molar-refractivity contribution is -0.186. The molecule has 0 amide bonds. The first-order valence-electron chi connectivity index (χ1n) is 13.2. The summed E-state index contributed by atoms with van der Waals surface area (Å²) in [6.07, 6.45) is -3.47. The van der Waals surface area contributed by atoms with Gasteiger partial charge in [0.1, 0.15) is 5.75 Å². The minimum Gasteiger partial charge on any atom is -0.429 e. The van der Waals surface area contributed by atoms with Crippen molar-refractivity contribution < 1.29 is 22.8 Å². The molecule has 202 valence electrons. The average Bonchev–Trinajstić information content (AvgIpc) is 2.97. The van der Waals surface area contributed by atoms with Crippen LogP contribution in [0, 0.1) is 48.5 Å². The third kappa shape index (κ3) is 5.01. The summed E-state index contributed by atoms with van der Waals surface area (Å²) in [7, 11) is -0.456. The molecule has 4 rings (SSSR count). The summed E-state index contributed by atoms with van der Waals surface area (Å²) in [6.45, 7) is 21.4. The second-order valence-corrected chi connectivity index (χ2v) is 11.9. The molecule has 3 aromatic carbocycles. The van der Waals surface area contributed by atoms with Gasteiger partial charge in [-0.25, -0.2) is 0 Å².